The minimum atomic E-state index is -0.730. The molecule has 1 amide bonds. The van der Waals surface area contributed by atoms with Crippen LogP contribution in [0.25, 0.3) is 10.8 Å². The van der Waals surface area contributed by atoms with Crippen molar-refractivity contribution >= 4 is 38.3 Å². The van der Waals surface area contributed by atoms with Gasteiger partial charge in [-0.15, -0.1) is 0 Å². The normalized spacial score (nSPS) is 17.4. The SMILES string of the molecule is O=C(N[C@H]1c2c(ccc3ccccc23)CC[C@@H]1CCC[Si])c1cc([N+](=O)[O-])cc([N+](=O)[O-])c1. The summed E-state index contributed by atoms with van der Waals surface area (Å²) in [7, 11) is 3.53. The average molecular weight is 461 g/mol. The molecule has 0 fully saturated rings. The van der Waals surface area contributed by atoms with Gasteiger partial charge in [0.1, 0.15) is 0 Å². The number of non-ortho nitro benzene ring substituents is 2. The Morgan fingerprint density at radius 2 is 1.73 bits per heavy atom. The molecule has 8 nitrogen and oxygen atoms in total. The van der Waals surface area contributed by atoms with E-state index in [1.54, 1.807) is 0 Å². The Hall–Kier alpha value is -3.59. The summed E-state index contributed by atoms with van der Waals surface area (Å²) >= 11 is 0. The van der Waals surface area contributed by atoms with E-state index in [9.17, 15) is 25.0 Å². The summed E-state index contributed by atoms with van der Waals surface area (Å²) in [5.74, 6) is -0.381. The molecule has 0 saturated heterocycles. The van der Waals surface area contributed by atoms with Crippen LogP contribution in [0.3, 0.4) is 0 Å². The Balaban J connectivity index is 1.77. The van der Waals surface area contributed by atoms with Gasteiger partial charge >= 0.3 is 0 Å². The van der Waals surface area contributed by atoms with E-state index in [4.69, 9.17) is 0 Å². The van der Waals surface area contributed by atoms with Gasteiger partial charge in [-0.3, -0.25) is 25.0 Å². The molecule has 4 rings (SSSR count). The highest BCUT2D eigenvalue weighted by Crippen LogP contribution is 2.41. The van der Waals surface area contributed by atoms with Crippen molar-refractivity contribution in [2.45, 2.75) is 37.8 Å². The lowest BCUT2D eigenvalue weighted by Gasteiger charge is -2.35. The zero-order valence-corrected chi connectivity index (χ0v) is 18.8. The molecule has 1 aliphatic carbocycles. The number of hydrogen-bond donors (Lipinski definition) is 1. The van der Waals surface area contributed by atoms with Crippen LogP contribution >= 0.6 is 0 Å². The molecule has 167 valence electrons. The third-order valence-electron chi connectivity index (χ3n) is 6.25. The van der Waals surface area contributed by atoms with E-state index in [1.807, 2.05) is 24.3 Å². The maximum Gasteiger partial charge on any atom is 0.277 e. The minimum Gasteiger partial charge on any atom is -0.345 e. The average Bonchev–Trinajstić information content (AvgIpc) is 2.82. The van der Waals surface area contributed by atoms with Crippen molar-refractivity contribution in [1.82, 2.24) is 5.32 Å². The molecule has 1 N–H and O–H groups in total. The molecule has 0 aliphatic heterocycles. The number of aryl methyl sites for hydroxylation is 1. The first-order valence-electron chi connectivity index (χ1n) is 10.8. The quantitative estimate of drug-likeness (QED) is 0.301. The fourth-order valence-corrected chi connectivity index (χ4v) is 4.90. The topological polar surface area (TPSA) is 115 Å². The summed E-state index contributed by atoms with van der Waals surface area (Å²) in [6, 6.07) is 15.7. The summed E-state index contributed by atoms with van der Waals surface area (Å²) in [5, 5.41) is 27.7. The third-order valence-corrected chi connectivity index (χ3v) is 6.61. The van der Waals surface area contributed by atoms with E-state index in [0.29, 0.717) is 0 Å². The van der Waals surface area contributed by atoms with Crippen molar-refractivity contribution in [1.29, 1.82) is 0 Å². The molecule has 9 heteroatoms. The van der Waals surface area contributed by atoms with Gasteiger partial charge in [0.15, 0.2) is 0 Å². The molecule has 0 unspecified atom stereocenters. The molecule has 33 heavy (non-hydrogen) atoms. The largest absolute Gasteiger partial charge is 0.345 e. The summed E-state index contributed by atoms with van der Waals surface area (Å²) < 4.78 is 0. The number of carbonyl (C=O) groups excluding carboxylic acids is 1. The van der Waals surface area contributed by atoms with Gasteiger partial charge in [-0.2, -0.15) is 0 Å². The van der Waals surface area contributed by atoms with Crippen molar-refractivity contribution in [2.24, 2.45) is 5.92 Å². The number of nitrogens with one attached hydrogen (secondary N) is 1. The van der Waals surface area contributed by atoms with E-state index >= 15 is 0 Å². The Morgan fingerprint density at radius 3 is 2.39 bits per heavy atom. The number of fused-ring (bicyclic) bond motifs is 3. The lowest BCUT2D eigenvalue weighted by molar-refractivity contribution is -0.394. The van der Waals surface area contributed by atoms with Crippen LogP contribution in [-0.2, 0) is 6.42 Å². The molecular formula is C24H22N3O5Si. The summed E-state index contributed by atoms with van der Waals surface area (Å²) in [6.45, 7) is 0. The maximum atomic E-state index is 13.3. The van der Waals surface area contributed by atoms with Gasteiger partial charge in [-0.05, 0) is 47.1 Å². The van der Waals surface area contributed by atoms with E-state index < -0.39 is 27.1 Å². The molecule has 1 aliphatic rings. The number of nitro benzene ring substituents is 2. The molecular weight excluding hydrogens is 438 g/mol. The zero-order chi connectivity index (χ0) is 23.5. The number of nitro groups is 2. The van der Waals surface area contributed by atoms with Crippen LogP contribution < -0.4 is 5.32 Å². The first-order valence-corrected chi connectivity index (χ1v) is 11.5. The second-order valence-corrected chi connectivity index (χ2v) is 8.75. The van der Waals surface area contributed by atoms with Crippen LogP contribution in [0.15, 0.2) is 54.6 Å². The number of benzene rings is 3. The first-order chi connectivity index (χ1) is 15.9. The highest BCUT2D eigenvalue weighted by molar-refractivity contribution is 6.08. The monoisotopic (exact) mass is 460 g/mol. The lowest BCUT2D eigenvalue weighted by atomic mass is 9.75. The van der Waals surface area contributed by atoms with E-state index in [0.717, 1.165) is 66.3 Å². The number of amides is 1. The lowest BCUT2D eigenvalue weighted by Crippen LogP contribution is -2.36. The number of carbonyl (C=O) groups is 1. The van der Waals surface area contributed by atoms with Gasteiger partial charge in [-0.1, -0.05) is 48.9 Å². The molecule has 0 spiro atoms. The number of hydrogen-bond acceptors (Lipinski definition) is 5. The van der Waals surface area contributed by atoms with Gasteiger partial charge in [0.05, 0.1) is 27.5 Å². The van der Waals surface area contributed by atoms with Crippen LogP contribution in [0.1, 0.15) is 46.8 Å². The van der Waals surface area contributed by atoms with Gasteiger partial charge in [0.2, 0.25) is 0 Å². The third kappa shape index (κ3) is 4.63. The number of rotatable bonds is 7. The Morgan fingerprint density at radius 1 is 1.03 bits per heavy atom. The molecule has 0 heterocycles. The first kappa shape index (κ1) is 22.6. The van der Waals surface area contributed by atoms with Crippen LogP contribution in [-0.4, -0.2) is 26.0 Å². The van der Waals surface area contributed by atoms with Crippen molar-refractivity contribution in [3.8, 4) is 0 Å². The van der Waals surface area contributed by atoms with Gasteiger partial charge < -0.3 is 5.32 Å². The zero-order valence-electron chi connectivity index (χ0n) is 17.8. The van der Waals surface area contributed by atoms with Crippen molar-refractivity contribution < 1.29 is 14.6 Å². The van der Waals surface area contributed by atoms with Crippen molar-refractivity contribution in [3.05, 3.63) is 91.5 Å². The van der Waals surface area contributed by atoms with Gasteiger partial charge in [0.25, 0.3) is 17.3 Å². The standard InChI is InChI=1S/C24H22N3O5Si/c28-24(18-12-19(26(29)30)14-20(13-18)27(31)32)25-23-17(5-3-11-33)10-9-16-8-7-15-4-1-2-6-21(15)22(16)23/h1-2,4,6-8,12-14,17,23H,3,5,9-11H2,(H,25,28)/t17-,23+/m0/s1. The smallest absolute Gasteiger partial charge is 0.277 e. The Labute approximate surface area is 193 Å². The van der Waals surface area contributed by atoms with Crippen LogP contribution in [0, 0.1) is 26.1 Å². The number of nitrogens with zero attached hydrogens (tertiary/aromatic N) is 2. The Bertz CT molecular complexity index is 1210. The van der Waals surface area contributed by atoms with Crippen LogP contribution in [0.4, 0.5) is 11.4 Å². The molecule has 3 radical (unpaired) electrons. The van der Waals surface area contributed by atoms with Crippen molar-refractivity contribution in [2.75, 3.05) is 0 Å². The van der Waals surface area contributed by atoms with Crippen LogP contribution in [0.5, 0.6) is 0 Å². The molecule has 3 aromatic carbocycles. The molecule has 0 saturated carbocycles. The van der Waals surface area contributed by atoms with Crippen molar-refractivity contribution in [3.63, 3.8) is 0 Å². The molecule has 2 atom stereocenters. The van der Waals surface area contributed by atoms with E-state index in [1.165, 1.54) is 5.56 Å². The van der Waals surface area contributed by atoms with Gasteiger partial charge in [-0.25, -0.2) is 0 Å². The molecule has 0 bridgehead atoms. The van der Waals surface area contributed by atoms with E-state index in [2.05, 4.69) is 27.7 Å². The summed E-state index contributed by atoms with van der Waals surface area (Å²) in [4.78, 5) is 34.3. The van der Waals surface area contributed by atoms with E-state index in [-0.39, 0.29) is 17.5 Å². The second-order valence-electron chi connectivity index (χ2n) is 8.25. The fourth-order valence-electron chi connectivity index (χ4n) is 4.70. The fraction of sp³-hybridized carbons (Fsp3) is 0.292. The predicted molar refractivity (Wildman–Crippen MR) is 126 cm³/mol. The summed E-state index contributed by atoms with van der Waals surface area (Å²) in [6.07, 6.45) is 3.64. The molecule has 0 aromatic heterocycles. The molecule has 3 aromatic rings. The highest BCUT2D eigenvalue weighted by Gasteiger charge is 2.32. The maximum absolute atomic E-state index is 13.3. The second kappa shape index (κ2) is 9.49. The van der Waals surface area contributed by atoms with Crippen LogP contribution in [0.2, 0.25) is 6.04 Å². The summed E-state index contributed by atoms with van der Waals surface area (Å²) in [5.41, 5.74) is 1.16. The minimum absolute atomic E-state index is 0.0952. The Kier molecular flexibility index (Phi) is 6.50. The predicted octanol–water partition coefficient (Wildman–Crippen LogP) is 5.06. The highest BCUT2D eigenvalue weighted by atomic mass is 28.1. The van der Waals surface area contributed by atoms with Gasteiger partial charge in [0, 0.05) is 22.4 Å².